The lowest BCUT2D eigenvalue weighted by atomic mass is 9.98. The van der Waals surface area contributed by atoms with E-state index in [2.05, 4.69) is 31.7 Å². The monoisotopic (exact) mass is 419 g/mol. The zero-order valence-corrected chi connectivity index (χ0v) is 16.0. The van der Waals surface area contributed by atoms with Gasteiger partial charge in [-0.1, -0.05) is 29.8 Å². The van der Waals surface area contributed by atoms with Crippen LogP contribution in [0.2, 0.25) is 5.02 Å². The summed E-state index contributed by atoms with van der Waals surface area (Å²) in [6, 6.07) is 9.79. The number of rotatable bonds is 4. The van der Waals surface area contributed by atoms with Crippen molar-refractivity contribution in [2.45, 2.75) is 12.8 Å². The highest BCUT2D eigenvalue weighted by molar-refractivity contribution is 9.10. The van der Waals surface area contributed by atoms with Gasteiger partial charge in [0, 0.05) is 23.2 Å². The Kier molecular flexibility index (Phi) is 4.92. The summed E-state index contributed by atoms with van der Waals surface area (Å²) in [4.78, 5) is 4.74. The van der Waals surface area contributed by atoms with Crippen molar-refractivity contribution in [3.63, 3.8) is 0 Å². The minimum absolute atomic E-state index is 0.673. The molecule has 0 atom stereocenters. The standard InChI is InChI=1S/C18H19BrClN5/c19-14-11-23-25-17(22-10-12-5-7-21-8-6-12)9-16(24-18(14)25)13-3-1-2-4-15(13)20/h1-4,9,11-12,21-22H,5-8,10H2. The number of halogens is 2. The van der Waals surface area contributed by atoms with Gasteiger partial charge in [-0.2, -0.15) is 9.61 Å². The first-order valence-electron chi connectivity index (χ1n) is 8.46. The number of benzene rings is 1. The summed E-state index contributed by atoms with van der Waals surface area (Å²) < 4.78 is 2.71. The maximum Gasteiger partial charge on any atom is 0.172 e. The van der Waals surface area contributed by atoms with Crippen LogP contribution in [0.15, 0.2) is 41.0 Å². The molecule has 7 heteroatoms. The Hall–Kier alpha value is -1.63. The Labute approximate surface area is 159 Å². The quantitative estimate of drug-likeness (QED) is 0.663. The van der Waals surface area contributed by atoms with Crippen molar-refractivity contribution < 1.29 is 0 Å². The van der Waals surface area contributed by atoms with Crippen LogP contribution in [0.1, 0.15) is 12.8 Å². The molecule has 5 nitrogen and oxygen atoms in total. The van der Waals surface area contributed by atoms with E-state index in [4.69, 9.17) is 16.6 Å². The van der Waals surface area contributed by atoms with Crippen LogP contribution < -0.4 is 10.6 Å². The smallest absolute Gasteiger partial charge is 0.172 e. The van der Waals surface area contributed by atoms with Crippen LogP contribution in [0.3, 0.4) is 0 Å². The first-order chi connectivity index (χ1) is 12.2. The molecule has 0 unspecified atom stereocenters. The molecule has 1 aliphatic heterocycles. The van der Waals surface area contributed by atoms with Crippen LogP contribution in [0, 0.1) is 5.92 Å². The molecule has 0 saturated carbocycles. The van der Waals surface area contributed by atoms with E-state index < -0.39 is 0 Å². The first kappa shape index (κ1) is 16.8. The predicted molar refractivity (Wildman–Crippen MR) is 105 cm³/mol. The molecule has 3 heterocycles. The number of nitrogens with zero attached hydrogens (tertiary/aromatic N) is 3. The largest absolute Gasteiger partial charge is 0.370 e. The van der Waals surface area contributed by atoms with Crippen molar-refractivity contribution in [1.82, 2.24) is 19.9 Å². The van der Waals surface area contributed by atoms with E-state index in [1.165, 1.54) is 12.8 Å². The molecule has 1 fully saturated rings. The van der Waals surface area contributed by atoms with Crippen LogP contribution in [-0.2, 0) is 0 Å². The van der Waals surface area contributed by atoms with Gasteiger partial charge < -0.3 is 10.6 Å². The summed E-state index contributed by atoms with van der Waals surface area (Å²) >= 11 is 9.91. The number of aromatic nitrogens is 3. The summed E-state index contributed by atoms with van der Waals surface area (Å²) in [6.45, 7) is 3.12. The van der Waals surface area contributed by atoms with Crippen molar-refractivity contribution in [3.8, 4) is 11.3 Å². The Balaban J connectivity index is 1.70. The zero-order valence-electron chi connectivity index (χ0n) is 13.7. The third-order valence-electron chi connectivity index (χ3n) is 4.61. The lowest BCUT2D eigenvalue weighted by Crippen LogP contribution is -2.31. The lowest BCUT2D eigenvalue weighted by molar-refractivity contribution is 0.389. The molecule has 25 heavy (non-hydrogen) atoms. The predicted octanol–water partition coefficient (Wildman–Crippen LogP) is 4.22. The van der Waals surface area contributed by atoms with Crippen molar-refractivity contribution >= 4 is 39.0 Å². The second kappa shape index (κ2) is 7.32. The highest BCUT2D eigenvalue weighted by Gasteiger charge is 2.16. The molecular formula is C18H19BrClN5. The van der Waals surface area contributed by atoms with Gasteiger partial charge in [-0.15, -0.1) is 0 Å². The number of hydrogen-bond donors (Lipinski definition) is 2. The van der Waals surface area contributed by atoms with Gasteiger partial charge in [0.2, 0.25) is 0 Å². The zero-order chi connectivity index (χ0) is 17.2. The van der Waals surface area contributed by atoms with Crippen LogP contribution in [-0.4, -0.2) is 34.2 Å². The lowest BCUT2D eigenvalue weighted by Gasteiger charge is -2.23. The average molecular weight is 421 g/mol. The molecule has 3 aromatic rings. The molecule has 0 bridgehead atoms. The van der Waals surface area contributed by atoms with Crippen LogP contribution >= 0.6 is 27.5 Å². The van der Waals surface area contributed by atoms with Gasteiger partial charge in [0.25, 0.3) is 0 Å². The molecule has 4 rings (SSSR count). The van der Waals surface area contributed by atoms with E-state index >= 15 is 0 Å². The van der Waals surface area contributed by atoms with Gasteiger partial charge in [-0.25, -0.2) is 4.98 Å². The van der Waals surface area contributed by atoms with Gasteiger partial charge in [-0.3, -0.25) is 0 Å². The van der Waals surface area contributed by atoms with E-state index in [1.807, 2.05) is 34.8 Å². The Morgan fingerprint density at radius 2 is 2.08 bits per heavy atom. The van der Waals surface area contributed by atoms with E-state index in [9.17, 15) is 0 Å². The van der Waals surface area contributed by atoms with Crippen LogP contribution in [0.4, 0.5) is 5.82 Å². The van der Waals surface area contributed by atoms with E-state index in [-0.39, 0.29) is 0 Å². The number of fused-ring (bicyclic) bond motifs is 1. The molecule has 130 valence electrons. The minimum Gasteiger partial charge on any atom is -0.370 e. The molecule has 2 N–H and O–H groups in total. The van der Waals surface area contributed by atoms with E-state index in [0.717, 1.165) is 46.8 Å². The van der Waals surface area contributed by atoms with E-state index in [0.29, 0.717) is 10.9 Å². The molecule has 0 amide bonds. The molecule has 0 spiro atoms. The third kappa shape index (κ3) is 3.52. The average Bonchev–Trinajstić information content (AvgIpc) is 3.02. The summed E-state index contributed by atoms with van der Waals surface area (Å²) in [5.41, 5.74) is 2.54. The Morgan fingerprint density at radius 1 is 1.28 bits per heavy atom. The summed E-state index contributed by atoms with van der Waals surface area (Å²) in [7, 11) is 0. The van der Waals surface area contributed by atoms with Gasteiger partial charge >= 0.3 is 0 Å². The van der Waals surface area contributed by atoms with Crippen molar-refractivity contribution in [1.29, 1.82) is 0 Å². The maximum absolute atomic E-state index is 6.37. The van der Waals surface area contributed by atoms with Crippen molar-refractivity contribution in [2.75, 3.05) is 25.0 Å². The fraction of sp³-hybridized carbons (Fsp3) is 0.333. The van der Waals surface area contributed by atoms with Gasteiger partial charge in [0.05, 0.1) is 16.4 Å². The number of nitrogens with one attached hydrogen (secondary N) is 2. The number of piperidine rings is 1. The van der Waals surface area contributed by atoms with Crippen LogP contribution in [0.5, 0.6) is 0 Å². The van der Waals surface area contributed by atoms with Gasteiger partial charge in [0.1, 0.15) is 5.82 Å². The second-order valence-electron chi connectivity index (χ2n) is 6.31. The van der Waals surface area contributed by atoms with Crippen LogP contribution in [0.25, 0.3) is 16.9 Å². The molecule has 0 aliphatic carbocycles. The molecular weight excluding hydrogens is 402 g/mol. The fourth-order valence-electron chi connectivity index (χ4n) is 3.20. The Bertz CT molecular complexity index is 888. The van der Waals surface area contributed by atoms with Gasteiger partial charge in [-0.05, 0) is 53.8 Å². The summed E-state index contributed by atoms with van der Waals surface area (Å²) in [5, 5.41) is 12.1. The third-order valence-corrected chi connectivity index (χ3v) is 5.50. The molecule has 2 aromatic heterocycles. The number of anilines is 1. The Morgan fingerprint density at radius 3 is 2.88 bits per heavy atom. The molecule has 0 radical (unpaired) electrons. The fourth-order valence-corrected chi connectivity index (χ4v) is 3.78. The molecule has 1 aliphatic rings. The summed E-state index contributed by atoms with van der Waals surface area (Å²) in [6.07, 6.45) is 4.16. The SMILES string of the molecule is Clc1ccccc1-c1cc(NCC2CCNCC2)n2ncc(Br)c2n1. The molecule has 1 aromatic carbocycles. The highest BCUT2D eigenvalue weighted by atomic mass is 79.9. The van der Waals surface area contributed by atoms with Crippen molar-refractivity contribution in [3.05, 3.63) is 46.0 Å². The molecule has 1 saturated heterocycles. The number of hydrogen-bond acceptors (Lipinski definition) is 4. The van der Waals surface area contributed by atoms with E-state index in [1.54, 1.807) is 6.20 Å². The second-order valence-corrected chi connectivity index (χ2v) is 7.57. The topological polar surface area (TPSA) is 54.2 Å². The van der Waals surface area contributed by atoms with Gasteiger partial charge in [0.15, 0.2) is 5.65 Å². The maximum atomic E-state index is 6.37. The first-order valence-corrected chi connectivity index (χ1v) is 9.63. The highest BCUT2D eigenvalue weighted by Crippen LogP contribution is 2.30. The summed E-state index contributed by atoms with van der Waals surface area (Å²) in [5.74, 6) is 1.61. The minimum atomic E-state index is 0.673. The normalized spacial score (nSPS) is 15.6. The van der Waals surface area contributed by atoms with Crippen molar-refractivity contribution in [2.24, 2.45) is 5.92 Å².